The molecule has 1 aromatic rings. The maximum absolute atomic E-state index is 11.6. The SMILES string of the molecule is CC(C)(C)OC(=O)NC1CC(NCc2cc(Br)c(Cl)s2)C1. The van der Waals surface area contributed by atoms with Crippen LogP contribution in [0.1, 0.15) is 38.5 Å². The van der Waals surface area contributed by atoms with E-state index in [0.717, 1.165) is 28.2 Å². The number of hydrogen-bond donors (Lipinski definition) is 2. The predicted octanol–water partition coefficient (Wildman–Crippen LogP) is 4.31. The van der Waals surface area contributed by atoms with E-state index in [4.69, 9.17) is 16.3 Å². The molecule has 1 heterocycles. The molecule has 1 amide bonds. The Labute approximate surface area is 142 Å². The van der Waals surface area contributed by atoms with E-state index in [0.29, 0.717) is 6.04 Å². The highest BCUT2D eigenvalue weighted by Gasteiger charge is 2.31. The van der Waals surface area contributed by atoms with Crippen molar-refractivity contribution in [1.82, 2.24) is 10.6 Å². The van der Waals surface area contributed by atoms with Crippen molar-refractivity contribution in [3.8, 4) is 0 Å². The molecule has 0 spiro atoms. The first-order valence-corrected chi connectivity index (χ1v) is 8.88. The van der Waals surface area contributed by atoms with Gasteiger partial charge in [-0.2, -0.15) is 0 Å². The predicted molar refractivity (Wildman–Crippen MR) is 90.0 cm³/mol. The third-order valence-electron chi connectivity index (χ3n) is 3.12. The van der Waals surface area contributed by atoms with Crippen molar-refractivity contribution in [1.29, 1.82) is 0 Å². The molecule has 21 heavy (non-hydrogen) atoms. The molecule has 0 aromatic carbocycles. The zero-order chi connectivity index (χ0) is 15.6. The Kier molecular flexibility index (Phi) is 5.57. The van der Waals surface area contributed by atoms with E-state index in [1.807, 2.05) is 26.8 Å². The quantitative estimate of drug-likeness (QED) is 0.798. The number of carbonyl (C=O) groups excluding carboxylic acids is 1. The minimum Gasteiger partial charge on any atom is -0.444 e. The van der Waals surface area contributed by atoms with Crippen LogP contribution in [0.2, 0.25) is 4.34 Å². The van der Waals surface area contributed by atoms with Crippen molar-refractivity contribution >= 4 is 45.0 Å². The van der Waals surface area contributed by atoms with E-state index in [9.17, 15) is 4.79 Å². The van der Waals surface area contributed by atoms with Crippen LogP contribution in [0.4, 0.5) is 4.79 Å². The number of halogens is 2. The number of alkyl carbamates (subject to hydrolysis) is 1. The monoisotopic (exact) mass is 394 g/mol. The Balaban J connectivity index is 1.64. The highest BCUT2D eigenvalue weighted by Crippen LogP contribution is 2.32. The molecule has 1 aliphatic carbocycles. The van der Waals surface area contributed by atoms with Crippen LogP contribution < -0.4 is 10.6 Å². The van der Waals surface area contributed by atoms with Crippen molar-refractivity contribution in [2.45, 2.75) is 57.8 Å². The summed E-state index contributed by atoms with van der Waals surface area (Å²) in [6.45, 7) is 6.39. The summed E-state index contributed by atoms with van der Waals surface area (Å²) in [4.78, 5) is 12.8. The number of amides is 1. The maximum atomic E-state index is 11.6. The molecule has 0 atom stereocenters. The molecule has 2 rings (SSSR count). The van der Waals surface area contributed by atoms with Crippen LogP contribution >= 0.6 is 38.9 Å². The maximum Gasteiger partial charge on any atom is 0.407 e. The second-order valence-electron chi connectivity index (χ2n) is 6.23. The molecule has 0 aliphatic heterocycles. The number of rotatable bonds is 4. The zero-order valence-electron chi connectivity index (χ0n) is 12.3. The van der Waals surface area contributed by atoms with Crippen LogP contribution in [0.5, 0.6) is 0 Å². The van der Waals surface area contributed by atoms with Gasteiger partial charge in [0.2, 0.25) is 0 Å². The van der Waals surface area contributed by atoms with Gasteiger partial charge >= 0.3 is 6.09 Å². The highest BCUT2D eigenvalue weighted by atomic mass is 79.9. The molecule has 0 saturated heterocycles. The minimum absolute atomic E-state index is 0.205. The molecule has 1 fully saturated rings. The van der Waals surface area contributed by atoms with Gasteiger partial charge in [-0.15, -0.1) is 11.3 Å². The fourth-order valence-electron chi connectivity index (χ4n) is 2.10. The van der Waals surface area contributed by atoms with Gasteiger partial charge < -0.3 is 15.4 Å². The third kappa shape index (κ3) is 5.43. The molecular weight excluding hydrogens is 376 g/mol. The van der Waals surface area contributed by atoms with Gasteiger partial charge in [0.05, 0.1) is 0 Å². The first-order chi connectivity index (χ1) is 9.73. The van der Waals surface area contributed by atoms with Gasteiger partial charge in [0, 0.05) is 28.0 Å². The first-order valence-electron chi connectivity index (χ1n) is 6.89. The molecule has 0 bridgehead atoms. The summed E-state index contributed by atoms with van der Waals surface area (Å²) in [6.07, 6.45) is 1.53. The average Bonchev–Trinajstić information content (AvgIpc) is 2.59. The lowest BCUT2D eigenvalue weighted by Gasteiger charge is -2.36. The molecule has 7 heteroatoms. The van der Waals surface area contributed by atoms with Gasteiger partial charge in [-0.1, -0.05) is 11.6 Å². The summed E-state index contributed by atoms with van der Waals surface area (Å²) in [5.74, 6) is 0. The number of hydrogen-bond acceptors (Lipinski definition) is 4. The van der Waals surface area contributed by atoms with Gasteiger partial charge in [-0.05, 0) is 55.6 Å². The van der Waals surface area contributed by atoms with E-state index in [1.54, 1.807) is 11.3 Å². The Morgan fingerprint density at radius 3 is 2.67 bits per heavy atom. The Hall–Kier alpha value is -0.300. The normalized spacial score (nSPS) is 21.8. The molecule has 0 unspecified atom stereocenters. The Morgan fingerprint density at radius 2 is 2.14 bits per heavy atom. The van der Waals surface area contributed by atoms with Crippen LogP contribution in [0.25, 0.3) is 0 Å². The topological polar surface area (TPSA) is 50.4 Å². The van der Waals surface area contributed by atoms with Gasteiger partial charge in [0.25, 0.3) is 0 Å². The molecule has 2 N–H and O–H groups in total. The summed E-state index contributed by atoms with van der Waals surface area (Å²) in [5.41, 5.74) is -0.447. The van der Waals surface area contributed by atoms with Crippen LogP contribution in [0, 0.1) is 0 Å². The van der Waals surface area contributed by atoms with E-state index >= 15 is 0 Å². The molecule has 1 saturated carbocycles. The van der Waals surface area contributed by atoms with Crippen LogP contribution in [0.15, 0.2) is 10.5 Å². The Morgan fingerprint density at radius 1 is 1.48 bits per heavy atom. The number of nitrogens with one attached hydrogen (secondary N) is 2. The highest BCUT2D eigenvalue weighted by molar-refractivity contribution is 9.10. The molecule has 118 valence electrons. The molecule has 4 nitrogen and oxygen atoms in total. The van der Waals surface area contributed by atoms with Crippen molar-refractivity contribution in [3.05, 3.63) is 19.8 Å². The van der Waals surface area contributed by atoms with E-state index in [1.165, 1.54) is 4.88 Å². The van der Waals surface area contributed by atoms with Gasteiger partial charge in [0.1, 0.15) is 9.94 Å². The standard InChI is InChI=1S/C14H20BrClN2O2S/c1-14(2,3)20-13(19)18-9-4-8(5-9)17-7-10-6-11(15)12(16)21-10/h6,8-9,17H,4-5,7H2,1-3H3,(H,18,19). The number of ether oxygens (including phenoxy) is 1. The van der Waals surface area contributed by atoms with Gasteiger partial charge in [0.15, 0.2) is 0 Å². The summed E-state index contributed by atoms with van der Waals surface area (Å²) in [5, 5.41) is 6.35. The van der Waals surface area contributed by atoms with Crippen LogP contribution in [0.3, 0.4) is 0 Å². The lowest BCUT2D eigenvalue weighted by atomic mass is 9.87. The van der Waals surface area contributed by atoms with Crippen molar-refractivity contribution in [2.75, 3.05) is 0 Å². The molecule has 0 radical (unpaired) electrons. The van der Waals surface area contributed by atoms with Crippen LogP contribution in [-0.2, 0) is 11.3 Å². The fraction of sp³-hybridized carbons (Fsp3) is 0.643. The second kappa shape index (κ2) is 6.86. The van der Waals surface area contributed by atoms with Gasteiger partial charge in [-0.25, -0.2) is 4.79 Å². The largest absolute Gasteiger partial charge is 0.444 e. The number of thiophene rings is 1. The van der Waals surface area contributed by atoms with Crippen LogP contribution in [-0.4, -0.2) is 23.8 Å². The van der Waals surface area contributed by atoms with Crippen molar-refractivity contribution in [3.63, 3.8) is 0 Å². The second-order valence-corrected chi connectivity index (χ2v) is 8.82. The lowest BCUT2D eigenvalue weighted by Crippen LogP contribution is -2.52. The zero-order valence-corrected chi connectivity index (χ0v) is 15.5. The summed E-state index contributed by atoms with van der Waals surface area (Å²) in [6, 6.07) is 2.68. The number of carbonyl (C=O) groups is 1. The fourth-order valence-corrected chi connectivity index (χ4v) is 3.84. The summed E-state index contributed by atoms with van der Waals surface area (Å²) < 4.78 is 6.97. The van der Waals surface area contributed by atoms with Gasteiger partial charge in [-0.3, -0.25) is 0 Å². The molecular formula is C14H20BrClN2O2S. The van der Waals surface area contributed by atoms with Crippen molar-refractivity contribution < 1.29 is 9.53 Å². The third-order valence-corrected chi connectivity index (χ3v) is 5.59. The molecule has 1 aromatic heterocycles. The summed E-state index contributed by atoms with van der Waals surface area (Å²) >= 11 is 11.0. The van der Waals surface area contributed by atoms with E-state index in [-0.39, 0.29) is 12.1 Å². The van der Waals surface area contributed by atoms with E-state index in [2.05, 4.69) is 26.6 Å². The first kappa shape index (κ1) is 17.1. The minimum atomic E-state index is -0.447. The molecule has 1 aliphatic rings. The smallest absolute Gasteiger partial charge is 0.407 e. The van der Waals surface area contributed by atoms with Crippen molar-refractivity contribution in [2.24, 2.45) is 0 Å². The average molecular weight is 396 g/mol. The van der Waals surface area contributed by atoms with E-state index < -0.39 is 5.60 Å². The lowest BCUT2D eigenvalue weighted by molar-refractivity contribution is 0.0465. The Bertz CT molecular complexity index is 490. The summed E-state index contributed by atoms with van der Waals surface area (Å²) in [7, 11) is 0.